The van der Waals surface area contributed by atoms with Gasteiger partial charge in [0.05, 0.1) is 11.9 Å². The largest absolute Gasteiger partial charge is 0.396 e. The zero-order chi connectivity index (χ0) is 14.7. The van der Waals surface area contributed by atoms with Crippen LogP contribution in [-0.4, -0.2) is 46.2 Å². The number of likely N-dealkylation sites (tertiary alicyclic amines) is 1. The molecule has 1 unspecified atom stereocenters. The Labute approximate surface area is 129 Å². The number of rotatable bonds is 6. The molecule has 1 aliphatic rings. The zero-order valence-corrected chi connectivity index (χ0v) is 13.2. The van der Waals surface area contributed by atoms with Gasteiger partial charge in [-0.15, -0.1) is 11.3 Å². The van der Waals surface area contributed by atoms with Crippen molar-refractivity contribution in [3.63, 3.8) is 0 Å². The average molecular weight is 306 g/mol. The molecule has 0 saturated carbocycles. The molecule has 5 nitrogen and oxygen atoms in total. The van der Waals surface area contributed by atoms with Crippen LogP contribution in [0.1, 0.15) is 25.6 Å². The van der Waals surface area contributed by atoms with Gasteiger partial charge in [-0.05, 0) is 43.7 Å². The van der Waals surface area contributed by atoms with Crippen molar-refractivity contribution in [2.45, 2.75) is 26.3 Å². The molecule has 1 aliphatic heterocycles. The number of nitrogens with zero attached hydrogens (tertiary/aromatic N) is 3. The molecule has 2 aromatic heterocycles. The zero-order valence-electron chi connectivity index (χ0n) is 12.4. The predicted octanol–water partition coefficient (Wildman–Crippen LogP) is 2.33. The first-order chi connectivity index (χ1) is 10.3. The van der Waals surface area contributed by atoms with E-state index in [0.717, 1.165) is 54.5 Å². The van der Waals surface area contributed by atoms with Gasteiger partial charge in [-0.1, -0.05) is 0 Å². The third kappa shape index (κ3) is 3.33. The number of hydrogen-bond donors (Lipinski definition) is 2. The summed E-state index contributed by atoms with van der Waals surface area (Å²) >= 11 is 1.67. The van der Waals surface area contributed by atoms with Gasteiger partial charge in [-0.25, -0.2) is 9.97 Å². The van der Waals surface area contributed by atoms with Gasteiger partial charge in [0.2, 0.25) is 0 Å². The number of aliphatic hydroxyl groups excluding tert-OH is 1. The lowest BCUT2D eigenvalue weighted by Crippen LogP contribution is -2.22. The second-order valence-electron chi connectivity index (χ2n) is 5.56. The molecule has 6 heteroatoms. The lowest BCUT2D eigenvalue weighted by atomic mass is 10.1. The van der Waals surface area contributed by atoms with Gasteiger partial charge in [0, 0.05) is 19.7 Å². The second kappa shape index (κ2) is 6.68. The molecule has 0 amide bonds. The fraction of sp³-hybridized carbons (Fsp3) is 0.600. The molecule has 114 valence electrons. The van der Waals surface area contributed by atoms with Crippen molar-refractivity contribution in [3.05, 3.63) is 17.3 Å². The molecule has 0 bridgehead atoms. The van der Waals surface area contributed by atoms with E-state index in [1.54, 1.807) is 11.3 Å². The van der Waals surface area contributed by atoms with Crippen LogP contribution in [0.5, 0.6) is 0 Å². The Kier molecular flexibility index (Phi) is 4.67. The van der Waals surface area contributed by atoms with Crippen molar-refractivity contribution in [1.82, 2.24) is 14.9 Å². The van der Waals surface area contributed by atoms with Crippen molar-refractivity contribution in [2.24, 2.45) is 5.92 Å². The average Bonchev–Trinajstić information content (AvgIpc) is 3.09. The van der Waals surface area contributed by atoms with E-state index < -0.39 is 0 Å². The monoisotopic (exact) mass is 306 g/mol. The number of aliphatic hydroxyl groups is 1. The Bertz CT molecular complexity index is 600. The van der Waals surface area contributed by atoms with Gasteiger partial charge in [-0.3, -0.25) is 4.90 Å². The highest BCUT2D eigenvalue weighted by Gasteiger charge is 2.23. The Morgan fingerprint density at radius 1 is 1.48 bits per heavy atom. The Hall–Kier alpha value is -1.24. The highest BCUT2D eigenvalue weighted by atomic mass is 32.1. The van der Waals surface area contributed by atoms with Crippen LogP contribution < -0.4 is 5.32 Å². The molecule has 21 heavy (non-hydrogen) atoms. The van der Waals surface area contributed by atoms with E-state index in [2.05, 4.69) is 33.6 Å². The smallest absolute Gasteiger partial charge is 0.146 e. The number of nitrogens with one attached hydrogen (secondary N) is 1. The third-order valence-electron chi connectivity index (χ3n) is 3.99. The first-order valence-corrected chi connectivity index (χ1v) is 8.49. The standard InChI is InChI=1S/C15H22N4OS/c1-2-16-14-12-5-8-21-15(12)18-13(17-14)10-19-6-3-11(9-19)4-7-20/h5,8,11,20H,2-4,6-7,9-10H2,1H3,(H,16,17,18). The maximum atomic E-state index is 9.04. The molecule has 1 saturated heterocycles. The first-order valence-electron chi connectivity index (χ1n) is 7.61. The van der Waals surface area contributed by atoms with Crippen LogP contribution in [0.4, 0.5) is 5.82 Å². The lowest BCUT2D eigenvalue weighted by Gasteiger charge is -2.15. The predicted molar refractivity (Wildman–Crippen MR) is 86.7 cm³/mol. The molecular formula is C15H22N4OS. The van der Waals surface area contributed by atoms with Gasteiger partial charge < -0.3 is 10.4 Å². The molecule has 1 fully saturated rings. The fourth-order valence-corrected chi connectivity index (χ4v) is 3.73. The summed E-state index contributed by atoms with van der Waals surface area (Å²) in [6.07, 6.45) is 2.08. The molecule has 2 N–H and O–H groups in total. The van der Waals surface area contributed by atoms with E-state index in [0.29, 0.717) is 12.5 Å². The minimum atomic E-state index is 0.292. The minimum Gasteiger partial charge on any atom is -0.396 e. The Balaban J connectivity index is 1.75. The van der Waals surface area contributed by atoms with E-state index in [1.807, 2.05) is 0 Å². The number of hydrogen-bond acceptors (Lipinski definition) is 6. The highest BCUT2D eigenvalue weighted by molar-refractivity contribution is 7.16. The highest BCUT2D eigenvalue weighted by Crippen LogP contribution is 2.26. The van der Waals surface area contributed by atoms with E-state index >= 15 is 0 Å². The van der Waals surface area contributed by atoms with Crippen molar-refractivity contribution in [1.29, 1.82) is 0 Å². The van der Waals surface area contributed by atoms with E-state index in [1.165, 1.54) is 6.42 Å². The molecule has 1 atom stereocenters. The minimum absolute atomic E-state index is 0.292. The SMILES string of the molecule is CCNc1nc(CN2CCC(CCO)C2)nc2sccc12. The molecule has 3 heterocycles. The Morgan fingerprint density at radius 3 is 3.19 bits per heavy atom. The van der Waals surface area contributed by atoms with Gasteiger partial charge >= 0.3 is 0 Å². The molecule has 0 aromatic carbocycles. The third-order valence-corrected chi connectivity index (χ3v) is 4.79. The van der Waals surface area contributed by atoms with Crippen LogP contribution in [0.3, 0.4) is 0 Å². The molecule has 0 radical (unpaired) electrons. The van der Waals surface area contributed by atoms with Crippen molar-refractivity contribution < 1.29 is 5.11 Å². The molecule has 0 spiro atoms. The number of fused-ring (bicyclic) bond motifs is 1. The van der Waals surface area contributed by atoms with Crippen LogP contribution >= 0.6 is 11.3 Å². The second-order valence-corrected chi connectivity index (χ2v) is 6.45. The van der Waals surface area contributed by atoms with Crippen LogP contribution in [0.15, 0.2) is 11.4 Å². The van der Waals surface area contributed by atoms with Crippen LogP contribution in [-0.2, 0) is 6.54 Å². The van der Waals surface area contributed by atoms with Gasteiger partial charge in [0.25, 0.3) is 0 Å². The summed E-state index contributed by atoms with van der Waals surface area (Å²) in [5.41, 5.74) is 0. The van der Waals surface area contributed by atoms with Gasteiger partial charge in [-0.2, -0.15) is 0 Å². The normalized spacial score (nSPS) is 19.4. The molecular weight excluding hydrogens is 284 g/mol. The molecule has 3 rings (SSSR count). The summed E-state index contributed by atoms with van der Waals surface area (Å²) in [6.45, 7) is 6.16. The Morgan fingerprint density at radius 2 is 2.38 bits per heavy atom. The van der Waals surface area contributed by atoms with E-state index in [4.69, 9.17) is 10.1 Å². The summed E-state index contributed by atoms with van der Waals surface area (Å²) in [4.78, 5) is 12.8. The number of anilines is 1. The van der Waals surface area contributed by atoms with E-state index in [9.17, 15) is 0 Å². The topological polar surface area (TPSA) is 61.3 Å². The summed E-state index contributed by atoms with van der Waals surface area (Å²) in [5, 5.41) is 15.6. The van der Waals surface area contributed by atoms with Crippen molar-refractivity contribution >= 4 is 27.4 Å². The van der Waals surface area contributed by atoms with Crippen LogP contribution in [0, 0.1) is 5.92 Å². The number of aromatic nitrogens is 2. The quantitative estimate of drug-likeness (QED) is 0.857. The molecule has 0 aliphatic carbocycles. The van der Waals surface area contributed by atoms with Gasteiger partial charge in [0.15, 0.2) is 0 Å². The van der Waals surface area contributed by atoms with Crippen molar-refractivity contribution in [3.8, 4) is 0 Å². The first kappa shape index (κ1) is 14.7. The maximum Gasteiger partial charge on any atom is 0.146 e. The summed E-state index contributed by atoms with van der Waals surface area (Å²) < 4.78 is 0. The van der Waals surface area contributed by atoms with Crippen molar-refractivity contribution in [2.75, 3.05) is 31.6 Å². The fourth-order valence-electron chi connectivity index (χ4n) is 2.95. The summed E-state index contributed by atoms with van der Waals surface area (Å²) in [5.74, 6) is 2.46. The van der Waals surface area contributed by atoms with Gasteiger partial charge in [0.1, 0.15) is 16.5 Å². The maximum absolute atomic E-state index is 9.04. The van der Waals surface area contributed by atoms with Crippen LogP contribution in [0.25, 0.3) is 10.2 Å². The summed E-state index contributed by atoms with van der Waals surface area (Å²) in [6, 6.07) is 2.08. The molecule has 2 aromatic rings. The van der Waals surface area contributed by atoms with E-state index in [-0.39, 0.29) is 0 Å². The number of thiophene rings is 1. The van der Waals surface area contributed by atoms with Crippen LogP contribution in [0.2, 0.25) is 0 Å². The summed E-state index contributed by atoms with van der Waals surface area (Å²) in [7, 11) is 0. The lowest BCUT2D eigenvalue weighted by molar-refractivity contribution is 0.248.